The molecule has 0 aromatic heterocycles. The Morgan fingerprint density at radius 1 is 1.35 bits per heavy atom. The zero-order valence-electron chi connectivity index (χ0n) is 12.4. The van der Waals surface area contributed by atoms with Crippen LogP contribution in [0.25, 0.3) is 0 Å². The number of β-amino-alcohol motifs (C(OH)–C–C–N with tert-alkyl or cyclic N) is 1. The van der Waals surface area contributed by atoms with Gasteiger partial charge in [-0.1, -0.05) is 18.2 Å². The second-order valence-electron chi connectivity index (χ2n) is 6.30. The number of aliphatic hydroxyl groups is 1. The van der Waals surface area contributed by atoms with Gasteiger partial charge in [-0.25, -0.2) is 0 Å². The number of carbonyl (C=O) groups excluding carboxylic acids is 1. The monoisotopic (exact) mass is 328 g/mol. The Bertz CT molecular complexity index is 591. The van der Waals surface area contributed by atoms with Crippen molar-refractivity contribution in [2.45, 2.75) is 24.6 Å². The van der Waals surface area contributed by atoms with Crippen molar-refractivity contribution in [2.24, 2.45) is 11.8 Å². The van der Waals surface area contributed by atoms with E-state index in [1.54, 1.807) is 6.07 Å². The number of alkyl halides is 3. The second-order valence-corrected chi connectivity index (χ2v) is 6.30. The molecule has 2 aliphatic rings. The highest BCUT2D eigenvalue weighted by atomic mass is 19.4. The van der Waals surface area contributed by atoms with Crippen LogP contribution < -0.4 is 10.6 Å². The molecule has 1 heterocycles. The topological polar surface area (TPSA) is 61.4 Å². The normalized spacial score (nSPS) is 30.3. The number of rotatable bonds is 4. The molecule has 0 radical (unpaired) electrons. The summed E-state index contributed by atoms with van der Waals surface area (Å²) in [6.45, 7) is 1.57. The summed E-state index contributed by atoms with van der Waals surface area (Å²) in [6.07, 6.45) is -4.26. The largest absolute Gasteiger partial charge is 0.416 e. The highest BCUT2D eigenvalue weighted by molar-refractivity contribution is 5.82. The first-order valence-corrected chi connectivity index (χ1v) is 7.70. The summed E-state index contributed by atoms with van der Waals surface area (Å²) in [4.78, 5) is 12.1. The van der Waals surface area contributed by atoms with E-state index in [0.29, 0.717) is 31.6 Å². The smallest absolute Gasteiger partial charge is 0.391 e. The SMILES string of the molecule is O=C(NCC1CNCC1O)C1CC1c1cccc(C(F)(F)F)c1. The van der Waals surface area contributed by atoms with Gasteiger partial charge in [-0.05, 0) is 24.0 Å². The van der Waals surface area contributed by atoms with Crippen LogP contribution in [-0.4, -0.2) is 36.8 Å². The average Bonchev–Trinajstić information content (AvgIpc) is 3.21. The molecule has 1 aromatic carbocycles. The van der Waals surface area contributed by atoms with E-state index >= 15 is 0 Å². The van der Waals surface area contributed by atoms with Crippen LogP contribution in [-0.2, 0) is 11.0 Å². The molecule has 1 saturated heterocycles. The molecule has 23 heavy (non-hydrogen) atoms. The molecule has 0 spiro atoms. The number of benzene rings is 1. The number of nitrogens with one attached hydrogen (secondary N) is 2. The Balaban J connectivity index is 1.55. The first-order valence-electron chi connectivity index (χ1n) is 7.70. The molecule has 4 atom stereocenters. The van der Waals surface area contributed by atoms with Gasteiger partial charge in [0.25, 0.3) is 0 Å². The van der Waals surface area contributed by atoms with Gasteiger partial charge in [0.2, 0.25) is 5.91 Å². The lowest BCUT2D eigenvalue weighted by atomic mass is 10.0. The number of hydrogen-bond acceptors (Lipinski definition) is 3. The molecule has 1 saturated carbocycles. The summed E-state index contributed by atoms with van der Waals surface area (Å²) in [6, 6.07) is 5.18. The van der Waals surface area contributed by atoms with Crippen molar-refractivity contribution in [1.82, 2.24) is 10.6 Å². The zero-order chi connectivity index (χ0) is 16.6. The Labute approximate surface area is 132 Å². The third-order valence-corrected chi connectivity index (χ3v) is 4.61. The maximum absolute atomic E-state index is 12.7. The van der Waals surface area contributed by atoms with Gasteiger partial charge in [-0.15, -0.1) is 0 Å². The Morgan fingerprint density at radius 3 is 2.78 bits per heavy atom. The van der Waals surface area contributed by atoms with Crippen LogP contribution >= 0.6 is 0 Å². The van der Waals surface area contributed by atoms with Gasteiger partial charge >= 0.3 is 6.18 Å². The molecule has 3 rings (SSSR count). The molecule has 1 amide bonds. The predicted molar refractivity (Wildman–Crippen MR) is 77.7 cm³/mol. The van der Waals surface area contributed by atoms with Crippen molar-refractivity contribution in [3.63, 3.8) is 0 Å². The highest BCUT2D eigenvalue weighted by Gasteiger charge is 2.44. The second kappa shape index (κ2) is 6.13. The molecule has 1 aliphatic carbocycles. The van der Waals surface area contributed by atoms with Crippen LogP contribution in [0, 0.1) is 11.8 Å². The maximum Gasteiger partial charge on any atom is 0.416 e. The lowest BCUT2D eigenvalue weighted by Gasteiger charge is -2.14. The Kier molecular flexibility index (Phi) is 4.33. The minimum Gasteiger partial charge on any atom is -0.391 e. The molecule has 1 aromatic rings. The third kappa shape index (κ3) is 3.67. The Hall–Kier alpha value is -1.60. The van der Waals surface area contributed by atoms with E-state index in [9.17, 15) is 23.1 Å². The number of amides is 1. The van der Waals surface area contributed by atoms with Gasteiger partial charge in [-0.2, -0.15) is 13.2 Å². The van der Waals surface area contributed by atoms with E-state index in [-0.39, 0.29) is 23.7 Å². The molecule has 7 heteroatoms. The summed E-state index contributed by atoms with van der Waals surface area (Å²) in [5.74, 6) is -0.579. The summed E-state index contributed by atoms with van der Waals surface area (Å²) in [5, 5.41) is 15.5. The van der Waals surface area contributed by atoms with Gasteiger partial charge in [-0.3, -0.25) is 4.79 Å². The number of halogens is 3. The molecule has 0 bridgehead atoms. The standard InChI is InChI=1S/C16H19F3N2O2/c17-16(18,19)11-3-1-2-9(4-11)12-5-13(12)15(23)21-7-10-6-20-8-14(10)22/h1-4,10,12-14,20,22H,5-8H2,(H,21,23). The van der Waals surface area contributed by atoms with E-state index in [0.717, 1.165) is 12.1 Å². The molecular weight excluding hydrogens is 309 g/mol. The van der Waals surface area contributed by atoms with Crippen LogP contribution in [0.5, 0.6) is 0 Å². The van der Waals surface area contributed by atoms with Crippen molar-refractivity contribution in [1.29, 1.82) is 0 Å². The van der Waals surface area contributed by atoms with Crippen LogP contribution in [0.3, 0.4) is 0 Å². The fourth-order valence-electron chi connectivity index (χ4n) is 3.09. The minimum atomic E-state index is -4.37. The highest BCUT2D eigenvalue weighted by Crippen LogP contribution is 2.48. The van der Waals surface area contributed by atoms with E-state index in [4.69, 9.17) is 0 Å². The van der Waals surface area contributed by atoms with Crippen molar-refractivity contribution >= 4 is 5.91 Å². The number of hydrogen-bond donors (Lipinski definition) is 3. The fourth-order valence-corrected chi connectivity index (χ4v) is 3.09. The minimum absolute atomic E-state index is 0.00953. The molecule has 126 valence electrons. The van der Waals surface area contributed by atoms with Gasteiger partial charge in [0.15, 0.2) is 0 Å². The van der Waals surface area contributed by atoms with Crippen LogP contribution in [0.2, 0.25) is 0 Å². The first kappa shape index (κ1) is 16.3. The third-order valence-electron chi connectivity index (χ3n) is 4.61. The van der Waals surface area contributed by atoms with Crippen LogP contribution in [0.1, 0.15) is 23.5 Å². The number of carbonyl (C=O) groups is 1. The molecular formula is C16H19F3N2O2. The van der Waals surface area contributed by atoms with E-state index in [1.165, 1.54) is 6.07 Å². The lowest BCUT2D eigenvalue weighted by Crippen LogP contribution is -2.35. The predicted octanol–water partition coefficient (Wildman–Crippen LogP) is 1.51. The molecule has 4 nitrogen and oxygen atoms in total. The summed E-state index contributed by atoms with van der Waals surface area (Å²) in [5.41, 5.74) is -0.122. The molecule has 2 fully saturated rings. The van der Waals surface area contributed by atoms with Gasteiger partial charge in [0.05, 0.1) is 11.7 Å². The van der Waals surface area contributed by atoms with Crippen LogP contribution in [0.4, 0.5) is 13.2 Å². The molecule has 3 N–H and O–H groups in total. The summed E-state index contributed by atoms with van der Waals surface area (Å²) >= 11 is 0. The molecule has 4 unspecified atom stereocenters. The fraction of sp³-hybridized carbons (Fsp3) is 0.562. The van der Waals surface area contributed by atoms with Gasteiger partial charge in [0, 0.05) is 31.5 Å². The van der Waals surface area contributed by atoms with Crippen LogP contribution in [0.15, 0.2) is 24.3 Å². The summed E-state index contributed by atoms with van der Waals surface area (Å²) in [7, 11) is 0. The van der Waals surface area contributed by atoms with E-state index in [2.05, 4.69) is 10.6 Å². The maximum atomic E-state index is 12.7. The Morgan fingerprint density at radius 2 is 2.13 bits per heavy atom. The van der Waals surface area contributed by atoms with Crippen molar-refractivity contribution in [2.75, 3.05) is 19.6 Å². The van der Waals surface area contributed by atoms with E-state index < -0.39 is 17.8 Å². The van der Waals surface area contributed by atoms with Crippen molar-refractivity contribution in [3.05, 3.63) is 35.4 Å². The van der Waals surface area contributed by atoms with E-state index in [1.807, 2.05) is 0 Å². The van der Waals surface area contributed by atoms with Crippen molar-refractivity contribution < 1.29 is 23.1 Å². The quantitative estimate of drug-likeness (QED) is 0.785. The summed E-state index contributed by atoms with van der Waals surface area (Å²) < 4.78 is 38.2. The number of aliphatic hydroxyl groups excluding tert-OH is 1. The van der Waals surface area contributed by atoms with Gasteiger partial charge < -0.3 is 15.7 Å². The molecule has 1 aliphatic heterocycles. The zero-order valence-corrected chi connectivity index (χ0v) is 12.4. The first-order chi connectivity index (χ1) is 10.9. The van der Waals surface area contributed by atoms with Crippen molar-refractivity contribution in [3.8, 4) is 0 Å². The van der Waals surface area contributed by atoms with Gasteiger partial charge in [0.1, 0.15) is 0 Å². The average molecular weight is 328 g/mol. The lowest BCUT2D eigenvalue weighted by molar-refractivity contribution is -0.137.